The number of rotatable bonds is 4. The van der Waals surface area contributed by atoms with Crippen LogP contribution in [0.3, 0.4) is 0 Å². The summed E-state index contributed by atoms with van der Waals surface area (Å²) in [6.07, 6.45) is 0. The van der Waals surface area contributed by atoms with Crippen LogP contribution in [-0.4, -0.2) is 21.4 Å². The third kappa shape index (κ3) is 3.59. The molecule has 0 aromatic heterocycles. The van der Waals surface area contributed by atoms with Crippen LogP contribution in [0.25, 0.3) is 0 Å². The molecule has 2 aromatic carbocycles. The van der Waals surface area contributed by atoms with Crippen LogP contribution in [0.1, 0.15) is 11.1 Å². The fraction of sp³-hybridized carbons (Fsp3) is 0.176. The summed E-state index contributed by atoms with van der Waals surface area (Å²) < 4.78 is 0.966. The molecule has 23 heavy (non-hydrogen) atoms. The molecule has 4 nitrogen and oxygen atoms in total. The SMILES string of the molecule is Cc1ccccc1N[C@@H]1SC(=O)N(Cc2ccc(Br)cc2)C1=O. The summed E-state index contributed by atoms with van der Waals surface area (Å²) in [4.78, 5) is 26.0. The van der Waals surface area contributed by atoms with Gasteiger partial charge in [-0.3, -0.25) is 14.5 Å². The standard InChI is InChI=1S/C17H15BrN2O2S/c1-11-4-2-3-5-14(11)19-15-16(21)20(17(22)23-15)10-12-6-8-13(18)9-7-12/h2-9,15,19H,10H2,1H3/t15-/m1/s1. The smallest absolute Gasteiger partial charge is 0.291 e. The van der Waals surface area contributed by atoms with Gasteiger partial charge in [0.2, 0.25) is 0 Å². The highest BCUT2D eigenvalue weighted by atomic mass is 79.9. The summed E-state index contributed by atoms with van der Waals surface area (Å²) >= 11 is 4.40. The fourth-order valence-electron chi connectivity index (χ4n) is 2.33. The lowest BCUT2D eigenvalue weighted by molar-refractivity contribution is -0.126. The zero-order valence-corrected chi connectivity index (χ0v) is 14.9. The molecule has 0 unspecified atom stereocenters. The lowest BCUT2D eigenvalue weighted by Gasteiger charge is -2.16. The van der Waals surface area contributed by atoms with Crippen LogP contribution in [0.4, 0.5) is 10.5 Å². The van der Waals surface area contributed by atoms with E-state index in [0.717, 1.165) is 33.0 Å². The number of anilines is 1. The van der Waals surface area contributed by atoms with Crippen molar-refractivity contribution in [3.63, 3.8) is 0 Å². The number of amides is 2. The van der Waals surface area contributed by atoms with E-state index in [4.69, 9.17) is 0 Å². The van der Waals surface area contributed by atoms with E-state index in [-0.39, 0.29) is 11.1 Å². The second-order valence-corrected chi connectivity index (χ2v) is 7.25. The highest BCUT2D eigenvalue weighted by Crippen LogP contribution is 2.30. The van der Waals surface area contributed by atoms with Crippen molar-refractivity contribution in [2.75, 3.05) is 5.32 Å². The fourth-order valence-corrected chi connectivity index (χ4v) is 3.49. The van der Waals surface area contributed by atoms with Gasteiger partial charge in [-0.05, 0) is 48.0 Å². The maximum atomic E-state index is 12.5. The van der Waals surface area contributed by atoms with Crippen LogP contribution < -0.4 is 5.32 Å². The van der Waals surface area contributed by atoms with Crippen LogP contribution in [0.2, 0.25) is 0 Å². The van der Waals surface area contributed by atoms with Gasteiger partial charge in [-0.15, -0.1) is 0 Å². The van der Waals surface area contributed by atoms with Gasteiger partial charge in [0.05, 0.1) is 6.54 Å². The Hall–Kier alpha value is -1.79. The minimum absolute atomic E-state index is 0.203. The first kappa shape index (κ1) is 16.1. The molecule has 0 aliphatic carbocycles. The molecule has 1 aliphatic heterocycles. The van der Waals surface area contributed by atoms with Gasteiger partial charge in [0.25, 0.3) is 11.1 Å². The topological polar surface area (TPSA) is 49.4 Å². The molecule has 0 spiro atoms. The van der Waals surface area contributed by atoms with E-state index >= 15 is 0 Å². The Morgan fingerprint density at radius 1 is 1.13 bits per heavy atom. The van der Waals surface area contributed by atoms with Crippen LogP contribution in [0.15, 0.2) is 53.0 Å². The van der Waals surface area contributed by atoms with Gasteiger partial charge in [-0.1, -0.05) is 46.3 Å². The normalized spacial score (nSPS) is 17.7. The van der Waals surface area contributed by atoms with Crippen molar-refractivity contribution in [1.29, 1.82) is 0 Å². The number of carbonyl (C=O) groups is 2. The van der Waals surface area contributed by atoms with Crippen molar-refractivity contribution in [3.05, 3.63) is 64.1 Å². The second-order valence-electron chi connectivity index (χ2n) is 5.27. The number of nitrogens with one attached hydrogen (secondary N) is 1. The molecular formula is C17H15BrN2O2S. The third-order valence-electron chi connectivity index (χ3n) is 3.61. The summed E-state index contributed by atoms with van der Waals surface area (Å²) in [5.74, 6) is -0.203. The summed E-state index contributed by atoms with van der Waals surface area (Å²) in [7, 11) is 0. The molecule has 1 aliphatic rings. The predicted octanol–water partition coefficient (Wildman–Crippen LogP) is 4.39. The van der Waals surface area contributed by atoms with Crippen LogP contribution in [-0.2, 0) is 11.3 Å². The highest BCUT2D eigenvalue weighted by Gasteiger charge is 2.39. The van der Waals surface area contributed by atoms with E-state index in [1.807, 2.05) is 55.5 Å². The summed E-state index contributed by atoms with van der Waals surface area (Å²) in [6.45, 7) is 2.26. The monoisotopic (exact) mass is 390 g/mol. The first-order valence-electron chi connectivity index (χ1n) is 7.13. The van der Waals surface area contributed by atoms with Crippen molar-refractivity contribution in [2.24, 2.45) is 0 Å². The molecule has 3 rings (SSSR count). The van der Waals surface area contributed by atoms with Crippen molar-refractivity contribution in [1.82, 2.24) is 4.90 Å². The maximum Gasteiger partial charge on any atom is 0.291 e. The molecule has 1 heterocycles. The average molecular weight is 391 g/mol. The molecule has 1 atom stereocenters. The van der Waals surface area contributed by atoms with Gasteiger partial charge in [0.1, 0.15) is 0 Å². The number of hydrogen-bond donors (Lipinski definition) is 1. The first-order valence-corrected chi connectivity index (χ1v) is 8.80. The second kappa shape index (κ2) is 6.76. The quantitative estimate of drug-likeness (QED) is 0.840. The zero-order valence-electron chi connectivity index (χ0n) is 12.5. The van der Waals surface area contributed by atoms with Crippen LogP contribution >= 0.6 is 27.7 Å². The number of hydrogen-bond acceptors (Lipinski definition) is 4. The predicted molar refractivity (Wildman–Crippen MR) is 96.3 cm³/mol. The Kier molecular flexibility index (Phi) is 4.73. The molecule has 0 bridgehead atoms. The van der Waals surface area contributed by atoms with E-state index in [1.165, 1.54) is 4.90 Å². The highest BCUT2D eigenvalue weighted by molar-refractivity contribution is 9.10. The molecule has 118 valence electrons. The molecule has 0 saturated carbocycles. The van der Waals surface area contributed by atoms with Crippen LogP contribution in [0, 0.1) is 6.92 Å². The number of halogens is 1. The molecule has 6 heteroatoms. The molecule has 1 fully saturated rings. The van der Waals surface area contributed by atoms with Crippen molar-refractivity contribution < 1.29 is 9.59 Å². The number of nitrogens with zero attached hydrogens (tertiary/aromatic N) is 1. The number of aryl methyl sites for hydroxylation is 1. The van der Waals surface area contributed by atoms with E-state index in [9.17, 15) is 9.59 Å². The van der Waals surface area contributed by atoms with Crippen molar-refractivity contribution in [3.8, 4) is 0 Å². The number of thioether (sulfide) groups is 1. The molecule has 1 saturated heterocycles. The largest absolute Gasteiger partial charge is 0.365 e. The minimum atomic E-state index is -0.570. The summed E-state index contributed by atoms with van der Waals surface area (Å²) in [5, 5.41) is 2.37. The van der Waals surface area contributed by atoms with Gasteiger partial charge in [0.15, 0.2) is 5.37 Å². The molecule has 0 radical (unpaired) electrons. The molecule has 2 aromatic rings. The minimum Gasteiger partial charge on any atom is -0.365 e. The van der Waals surface area contributed by atoms with Crippen molar-refractivity contribution in [2.45, 2.75) is 18.8 Å². The third-order valence-corrected chi connectivity index (χ3v) is 5.12. The Labute approximate surface area is 147 Å². The summed E-state index contributed by atoms with van der Waals surface area (Å²) in [6, 6.07) is 15.3. The van der Waals surface area contributed by atoms with Crippen molar-refractivity contribution >= 4 is 44.5 Å². The number of benzene rings is 2. The number of para-hydroxylation sites is 1. The number of carbonyl (C=O) groups excluding carboxylic acids is 2. The maximum absolute atomic E-state index is 12.5. The summed E-state index contributed by atoms with van der Waals surface area (Å²) in [5.41, 5.74) is 2.84. The van der Waals surface area contributed by atoms with E-state index in [0.29, 0.717) is 6.54 Å². The molecular weight excluding hydrogens is 376 g/mol. The average Bonchev–Trinajstić information content (AvgIpc) is 2.79. The van der Waals surface area contributed by atoms with Crippen LogP contribution in [0.5, 0.6) is 0 Å². The Bertz CT molecular complexity index is 749. The Morgan fingerprint density at radius 3 is 2.52 bits per heavy atom. The Balaban J connectivity index is 1.72. The Morgan fingerprint density at radius 2 is 1.83 bits per heavy atom. The van der Waals surface area contributed by atoms with Gasteiger partial charge in [-0.2, -0.15) is 0 Å². The van der Waals surface area contributed by atoms with Gasteiger partial charge < -0.3 is 5.32 Å². The van der Waals surface area contributed by atoms with Gasteiger partial charge in [-0.25, -0.2) is 0 Å². The lowest BCUT2D eigenvalue weighted by atomic mass is 10.2. The van der Waals surface area contributed by atoms with E-state index in [2.05, 4.69) is 21.2 Å². The van der Waals surface area contributed by atoms with Gasteiger partial charge in [0, 0.05) is 10.2 Å². The van der Waals surface area contributed by atoms with E-state index < -0.39 is 5.37 Å². The van der Waals surface area contributed by atoms with E-state index in [1.54, 1.807) is 0 Å². The van der Waals surface area contributed by atoms with Gasteiger partial charge >= 0.3 is 0 Å². The molecule has 1 N–H and O–H groups in total. The first-order chi connectivity index (χ1) is 11.0. The molecule has 2 amide bonds. The zero-order chi connectivity index (χ0) is 16.4. The lowest BCUT2D eigenvalue weighted by Crippen LogP contribution is -2.34. The number of imide groups is 1.